The maximum Gasteiger partial charge on any atom is 0.256 e. The van der Waals surface area contributed by atoms with Crippen LogP contribution in [0.15, 0.2) is 58.8 Å². The number of fused-ring (bicyclic) bond motifs is 1. The Bertz CT molecular complexity index is 895. The number of halogens is 1. The van der Waals surface area contributed by atoms with E-state index in [1.54, 1.807) is 13.2 Å². The summed E-state index contributed by atoms with van der Waals surface area (Å²) in [5, 5.41) is 0.315. The summed E-state index contributed by atoms with van der Waals surface area (Å²) in [6.45, 7) is 0.873. The highest BCUT2D eigenvalue weighted by Gasteiger charge is 2.33. The van der Waals surface area contributed by atoms with Crippen LogP contribution in [-0.4, -0.2) is 41.1 Å². The van der Waals surface area contributed by atoms with Crippen LogP contribution in [0.2, 0.25) is 0 Å². The summed E-state index contributed by atoms with van der Waals surface area (Å²) in [5.74, 6) is -0.0501. The standard InChI is InChI=1S/C20H22ClN5O/c1-24-19(17(21)10-23)18-8-14-12-26(20(27)16(14)11-25-18)15(9-22)7-13-5-3-2-4-6-13/h2-6,8,10-11,15H,7,9,12,22-23H2,1H3/b17-10+,24-19?. The van der Waals surface area contributed by atoms with Crippen molar-refractivity contribution in [2.24, 2.45) is 16.5 Å². The fourth-order valence-electron chi connectivity index (χ4n) is 3.28. The molecule has 4 N–H and O–H groups in total. The second kappa shape index (κ2) is 8.33. The predicted molar refractivity (Wildman–Crippen MR) is 108 cm³/mol. The van der Waals surface area contributed by atoms with Crippen LogP contribution in [0, 0.1) is 0 Å². The first-order chi connectivity index (χ1) is 13.1. The molecule has 1 unspecified atom stereocenters. The van der Waals surface area contributed by atoms with Gasteiger partial charge in [-0.2, -0.15) is 0 Å². The van der Waals surface area contributed by atoms with E-state index in [4.69, 9.17) is 23.1 Å². The lowest BCUT2D eigenvalue weighted by molar-refractivity contribution is 0.0708. The van der Waals surface area contributed by atoms with Gasteiger partial charge in [0, 0.05) is 38.6 Å². The quantitative estimate of drug-likeness (QED) is 0.746. The molecule has 0 saturated heterocycles. The molecule has 0 bridgehead atoms. The fraction of sp³-hybridized carbons (Fsp3) is 0.250. The van der Waals surface area contributed by atoms with Crippen molar-refractivity contribution in [3.8, 4) is 0 Å². The average molecular weight is 384 g/mol. The number of amides is 1. The van der Waals surface area contributed by atoms with Crippen LogP contribution in [0.3, 0.4) is 0 Å². The number of rotatable bonds is 6. The molecule has 6 nitrogen and oxygen atoms in total. The van der Waals surface area contributed by atoms with E-state index in [9.17, 15) is 4.79 Å². The number of nitrogens with zero attached hydrogens (tertiary/aromatic N) is 3. The Balaban J connectivity index is 1.86. The summed E-state index contributed by atoms with van der Waals surface area (Å²) in [6, 6.07) is 11.8. The molecule has 140 valence electrons. The third-order valence-electron chi connectivity index (χ3n) is 4.69. The SMILES string of the molecule is CN=C(/C(Cl)=C\N)c1cc2c(cn1)C(=O)N(C(CN)Cc1ccccc1)C2. The number of hydrogen-bond donors (Lipinski definition) is 2. The Morgan fingerprint density at radius 1 is 1.41 bits per heavy atom. The number of benzene rings is 1. The molecule has 2 heterocycles. The Morgan fingerprint density at radius 2 is 2.15 bits per heavy atom. The number of aliphatic imine (C=N–C) groups is 1. The summed E-state index contributed by atoms with van der Waals surface area (Å²) in [4.78, 5) is 23.2. The molecule has 2 aromatic rings. The molecule has 1 amide bonds. The first kappa shape index (κ1) is 19.1. The van der Waals surface area contributed by atoms with E-state index in [0.29, 0.717) is 41.5 Å². The van der Waals surface area contributed by atoms with Gasteiger partial charge >= 0.3 is 0 Å². The minimum Gasteiger partial charge on any atom is -0.403 e. The van der Waals surface area contributed by atoms with Crippen molar-refractivity contribution >= 4 is 23.2 Å². The summed E-state index contributed by atoms with van der Waals surface area (Å²) >= 11 is 6.11. The van der Waals surface area contributed by atoms with Crippen LogP contribution >= 0.6 is 11.6 Å². The Labute approximate surface area is 163 Å². The van der Waals surface area contributed by atoms with Crippen molar-refractivity contribution in [2.45, 2.75) is 19.0 Å². The summed E-state index contributed by atoms with van der Waals surface area (Å²) in [7, 11) is 1.62. The van der Waals surface area contributed by atoms with Crippen LogP contribution < -0.4 is 11.5 Å². The van der Waals surface area contributed by atoms with Gasteiger partial charge in [0.25, 0.3) is 5.91 Å². The number of carbonyl (C=O) groups excluding carboxylic acids is 1. The number of pyridine rings is 1. The Hall–Kier alpha value is -2.70. The molecule has 3 rings (SSSR count). The highest BCUT2D eigenvalue weighted by molar-refractivity contribution is 6.46. The van der Waals surface area contributed by atoms with E-state index in [1.165, 1.54) is 6.20 Å². The lowest BCUT2D eigenvalue weighted by Crippen LogP contribution is -2.42. The molecule has 27 heavy (non-hydrogen) atoms. The molecule has 1 aromatic heterocycles. The molecule has 0 fully saturated rings. The van der Waals surface area contributed by atoms with E-state index in [1.807, 2.05) is 41.3 Å². The van der Waals surface area contributed by atoms with Crippen LogP contribution in [0.4, 0.5) is 0 Å². The Morgan fingerprint density at radius 3 is 2.78 bits per heavy atom. The van der Waals surface area contributed by atoms with Gasteiger partial charge in [-0.25, -0.2) is 0 Å². The molecule has 7 heteroatoms. The highest BCUT2D eigenvalue weighted by Crippen LogP contribution is 2.26. The highest BCUT2D eigenvalue weighted by atomic mass is 35.5. The van der Waals surface area contributed by atoms with Crippen LogP contribution in [0.25, 0.3) is 0 Å². The number of hydrogen-bond acceptors (Lipinski definition) is 5. The molecular weight excluding hydrogens is 362 g/mol. The van der Waals surface area contributed by atoms with Crippen molar-refractivity contribution in [1.82, 2.24) is 9.88 Å². The zero-order valence-corrected chi connectivity index (χ0v) is 15.9. The largest absolute Gasteiger partial charge is 0.403 e. The molecule has 1 aromatic carbocycles. The van der Waals surface area contributed by atoms with Crippen molar-refractivity contribution in [2.75, 3.05) is 13.6 Å². The smallest absolute Gasteiger partial charge is 0.256 e. The average Bonchev–Trinajstić information content (AvgIpc) is 3.03. The predicted octanol–water partition coefficient (Wildman–Crippen LogP) is 2.07. The van der Waals surface area contributed by atoms with Crippen molar-refractivity contribution in [3.63, 3.8) is 0 Å². The second-order valence-electron chi connectivity index (χ2n) is 6.33. The molecule has 1 atom stereocenters. The van der Waals surface area contributed by atoms with Gasteiger partial charge in [0.05, 0.1) is 16.3 Å². The van der Waals surface area contributed by atoms with E-state index < -0.39 is 0 Å². The van der Waals surface area contributed by atoms with Gasteiger partial charge in [0.2, 0.25) is 0 Å². The minimum atomic E-state index is -0.0809. The topological polar surface area (TPSA) is 97.6 Å². The first-order valence-electron chi connectivity index (χ1n) is 8.67. The van der Waals surface area contributed by atoms with Gasteiger partial charge in [-0.05, 0) is 23.6 Å². The van der Waals surface area contributed by atoms with Crippen molar-refractivity contribution < 1.29 is 4.79 Å². The molecule has 0 saturated carbocycles. The summed E-state index contributed by atoms with van der Waals surface area (Å²) in [5.41, 5.74) is 15.2. The normalized spacial score (nSPS) is 15.8. The molecule has 0 spiro atoms. The number of aromatic nitrogens is 1. The van der Waals surface area contributed by atoms with Gasteiger partial charge in [0.15, 0.2) is 0 Å². The van der Waals surface area contributed by atoms with Crippen LogP contribution in [0.1, 0.15) is 27.2 Å². The maximum atomic E-state index is 12.9. The van der Waals surface area contributed by atoms with E-state index in [2.05, 4.69) is 9.98 Å². The van der Waals surface area contributed by atoms with Gasteiger partial charge in [-0.15, -0.1) is 0 Å². The lowest BCUT2D eigenvalue weighted by atomic mass is 10.0. The summed E-state index contributed by atoms with van der Waals surface area (Å²) < 4.78 is 0. The molecule has 1 aliphatic heterocycles. The minimum absolute atomic E-state index is 0.0501. The zero-order chi connectivity index (χ0) is 19.4. The first-order valence-corrected chi connectivity index (χ1v) is 9.05. The zero-order valence-electron chi connectivity index (χ0n) is 15.1. The molecule has 0 radical (unpaired) electrons. The van der Waals surface area contributed by atoms with Gasteiger partial charge < -0.3 is 16.4 Å². The number of carbonyl (C=O) groups is 1. The van der Waals surface area contributed by atoms with Crippen LogP contribution in [-0.2, 0) is 13.0 Å². The maximum absolute atomic E-state index is 12.9. The van der Waals surface area contributed by atoms with E-state index >= 15 is 0 Å². The fourth-order valence-corrected chi connectivity index (χ4v) is 3.47. The van der Waals surface area contributed by atoms with Gasteiger partial charge in [-0.3, -0.25) is 14.8 Å². The van der Waals surface area contributed by atoms with Crippen LogP contribution in [0.5, 0.6) is 0 Å². The third kappa shape index (κ3) is 3.86. The van der Waals surface area contributed by atoms with E-state index in [-0.39, 0.29) is 11.9 Å². The van der Waals surface area contributed by atoms with E-state index in [0.717, 1.165) is 11.1 Å². The summed E-state index contributed by atoms with van der Waals surface area (Å²) in [6.07, 6.45) is 3.57. The van der Waals surface area contributed by atoms with Gasteiger partial charge in [0.1, 0.15) is 5.71 Å². The van der Waals surface area contributed by atoms with Gasteiger partial charge in [-0.1, -0.05) is 41.9 Å². The number of nitrogens with two attached hydrogens (primary N) is 2. The molecule has 0 aliphatic carbocycles. The second-order valence-corrected chi connectivity index (χ2v) is 6.73. The van der Waals surface area contributed by atoms with Crippen molar-refractivity contribution in [1.29, 1.82) is 0 Å². The van der Waals surface area contributed by atoms with Crippen molar-refractivity contribution in [3.05, 3.63) is 76.2 Å². The third-order valence-corrected chi connectivity index (χ3v) is 4.99. The lowest BCUT2D eigenvalue weighted by Gasteiger charge is -2.26. The molecule has 1 aliphatic rings. The number of allylic oxidation sites excluding steroid dienone is 1. The monoisotopic (exact) mass is 383 g/mol. The Kier molecular flexibility index (Phi) is 5.88. The molecular formula is C20H22ClN5O.